The number of thiophene rings is 1. The Kier molecular flexibility index (Phi) is 6.60. The summed E-state index contributed by atoms with van der Waals surface area (Å²) in [5, 5.41) is 10.2. The van der Waals surface area contributed by atoms with Crippen molar-refractivity contribution in [1.29, 1.82) is 0 Å². The first-order chi connectivity index (χ1) is 15.5. The molecule has 0 radical (unpaired) electrons. The Morgan fingerprint density at radius 1 is 1.18 bits per heavy atom. The van der Waals surface area contributed by atoms with Crippen molar-refractivity contribution in [3.8, 4) is 0 Å². The molecule has 1 saturated heterocycles. The highest BCUT2D eigenvalue weighted by molar-refractivity contribution is 7.91. The number of carbonyl (C=O) groups is 1. The van der Waals surface area contributed by atoms with E-state index in [1.165, 1.54) is 24.3 Å². The number of aromatic nitrogens is 2. The average Bonchev–Trinajstić information content (AvgIpc) is 3.49. The summed E-state index contributed by atoms with van der Waals surface area (Å²) in [5.74, 6) is -0.354. The molecule has 1 N–H and O–H groups in total. The average molecular weight is 531 g/mol. The molecule has 0 saturated carbocycles. The zero-order valence-electron chi connectivity index (χ0n) is 17.3. The van der Waals surface area contributed by atoms with Crippen LogP contribution in [-0.2, 0) is 31.1 Å². The third-order valence-corrected chi connectivity index (χ3v) is 9.76. The number of amides is 1. The minimum absolute atomic E-state index is 0.0779. The van der Waals surface area contributed by atoms with E-state index >= 15 is 0 Å². The molecule has 2 aromatic heterocycles. The van der Waals surface area contributed by atoms with E-state index in [1.807, 2.05) is 0 Å². The van der Waals surface area contributed by atoms with E-state index in [-0.39, 0.29) is 34.0 Å². The van der Waals surface area contributed by atoms with Crippen molar-refractivity contribution in [3.63, 3.8) is 0 Å². The van der Waals surface area contributed by atoms with Crippen LogP contribution in [0.1, 0.15) is 24.3 Å². The number of benzene rings is 1. The predicted molar refractivity (Wildman–Crippen MR) is 122 cm³/mol. The number of nitrogens with zero attached hydrogens (tertiary/aromatic N) is 3. The van der Waals surface area contributed by atoms with Crippen LogP contribution in [-0.4, -0.2) is 56.1 Å². The largest absolute Gasteiger partial charge is 0.407 e. The molecule has 1 aromatic carbocycles. The molecule has 14 heteroatoms. The van der Waals surface area contributed by atoms with E-state index in [2.05, 4.69) is 15.5 Å². The van der Waals surface area contributed by atoms with Gasteiger partial charge in [-0.15, -0.1) is 16.4 Å². The molecule has 4 rings (SSSR count). The second kappa shape index (κ2) is 9.14. The van der Waals surface area contributed by atoms with Crippen molar-refractivity contribution in [1.82, 2.24) is 14.5 Å². The first-order valence-corrected chi connectivity index (χ1v) is 14.3. The van der Waals surface area contributed by atoms with Gasteiger partial charge in [0.2, 0.25) is 11.8 Å². The molecule has 1 atom stereocenters. The van der Waals surface area contributed by atoms with Crippen molar-refractivity contribution in [3.05, 3.63) is 52.2 Å². The Hall–Kier alpha value is -2.32. The fourth-order valence-electron chi connectivity index (χ4n) is 3.44. The Labute approximate surface area is 199 Å². The van der Waals surface area contributed by atoms with E-state index in [0.717, 1.165) is 27.5 Å². The number of anilines is 1. The summed E-state index contributed by atoms with van der Waals surface area (Å²) >= 11 is 6.80. The summed E-state index contributed by atoms with van der Waals surface area (Å²) in [6.07, 6.45) is 2.25. The highest BCUT2D eigenvalue weighted by Gasteiger charge is 2.40. The standard InChI is InChI=1S/C19H19ClN4O6S3/c1-32(26,27)13-6-4-12(5-7-13)11-16-22-23-19(30-16)21-18(25)14-3-2-10-24(14)33(28,29)17-9-8-15(20)31-17/h4-9,14H,2-3,10-11H2,1H3,(H,21,23,25). The first kappa shape index (κ1) is 23.8. The molecular formula is C19H19ClN4O6S3. The van der Waals surface area contributed by atoms with E-state index in [1.54, 1.807) is 12.1 Å². The minimum atomic E-state index is -3.86. The van der Waals surface area contributed by atoms with E-state index in [9.17, 15) is 21.6 Å². The monoisotopic (exact) mass is 530 g/mol. The molecule has 3 heterocycles. The van der Waals surface area contributed by atoms with Crippen LogP contribution in [0, 0.1) is 0 Å². The van der Waals surface area contributed by atoms with E-state index in [4.69, 9.17) is 16.0 Å². The van der Waals surface area contributed by atoms with Gasteiger partial charge < -0.3 is 4.42 Å². The van der Waals surface area contributed by atoms with Crippen molar-refractivity contribution in [2.75, 3.05) is 18.1 Å². The summed E-state index contributed by atoms with van der Waals surface area (Å²) in [6.45, 7) is 0.217. The zero-order chi connectivity index (χ0) is 23.8. The summed E-state index contributed by atoms with van der Waals surface area (Å²) in [6, 6.07) is 8.11. The molecule has 1 aliphatic heterocycles. The number of hydrogen-bond donors (Lipinski definition) is 1. The number of halogens is 1. The molecule has 1 aliphatic rings. The molecule has 3 aromatic rings. The van der Waals surface area contributed by atoms with Crippen LogP contribution in [0.2, 0.25) is 4.34 Å². The van der Waals surface area contributed by atoms with Crippen molar-refractivity contribution in [2.24, 2.45) is 0 Å². The number of nitrogens with one attached hydrogen (secondary N) is 1. The van der Waals surface area contributed by atoms with Crippen LogP contribution < -0.4 is 5.32 Å². The van der Waals surface area contributed by atoms with Crippen LogP contribution in [0.25, 0.3) is 0 Å². The fraction of sp³-hybridized carbons (Fsp3) is 0.316. The van der Waals surface area contributed by atoms with Gasteiger partial charge in [-0.3, -0.25) is 10.1 Å². The van der Waals surface area contributed by atoms with Gasteiger partial charge in [-0.1, -0.05) is 28.8 Å². The summed E-state index contributed by atoms with van der Waals surface area (Å²) in [4.78, 5) is 13.0. The molecule has 1 fully saturated rings. The Balaban J connectivity index is 1.43. The van der Waals surface area contributed by atoms with Gasteiger partial charge in [-0.2, -0.15) is 4.31 Å². The van der Waals surface area contributed by atoms with E-state index in [0.29, 0.717) is 17.2 Å². The van der Waals surface area contributed by atoms with Gasteiger partial charge in [-0.05, 0) is 42.7 Å². The van der Waals surface area contributed by atoms with Crippen LogP contribution in [0.3, 0.4) is 0 Å². The lowest BCUT2D eigenvalue weighted by Gasteiger charge is -2.21. The normalized spacial score (nSPS) is 17.3. The lowest BCUT2D eigenvalue weighted by Crippen LogP contribution is -2.42. The van der Waals surface area contributed by atoms with E-state index < -0.39 is 31.8 Å². The lowest BCUT2D eigenvalue weighted by molar-refractivity contribution is -0.119. The third-order valence-electron chi connectivity index (χ3n) is 5.02. The molecule has 1 amide bonds. The van der Waals surface area contributed by atoms with Crippen molar-refractivity contribution >= 4 is 54.7 Å². The molecule has 1 unspecified atom stereocenters. The van der Waals surface area contributed by atoms with Crippen molar-refractivity contribution < 1.29 is 26.0 Å². The van der Waals surface area contributed by atoms with Crippen molar-refractivity contribution in [2.45, 2.75) is 34.4 Å². The molecule has 10 nitrogen and oxygen atoms in total. The maximum atomic E-state index is 12.9. The molecule has 0 aliphatic carbocycles. The van der Waals surface area contributed by atoms with Crippen LogP contribution in [0.5, 0.6) is 0 Å². The Bertz CT molecular complexity index is 1380. The third kappa shape index (κ3) is 5.27. The Morgan fingerprint density at radius 3 is 2.55 bits per heavy atom. The molecule has 176 valence electrons. The van der Waals surface area contributed by atoms with Gasteiger partial charge in [-0.25, -0.2) is 16.8 Å². The van der Waals surface area contributed by atoms with Crippen LogP contribution >= 0.6 is 22.9 Å². The maximum absolute atomic E-state index is 12.9. The Morgan fingerprint density at radius 2 is 1.91 bits per heavy atom. The SMILES string of the molecule is CS(=O)(=O)c1ccc(Cc2nnc(NC(=O)C3CCCN3S(=O)(=O)c3ccc(Cl)s3)o2)cc1. The molecule has 0 spiro atoms. The maximum Gasteiger partial charge on any atom is 0.322 e. The van der Waals surface area contributed by atoms with Gasteiger partial charge in [0.15, 0.2) is 9.84 Å². The second-order valence-corrected chi connectivity index (χ2v) is 13.3. The van der Waals surface area contributed by atoms with Gasteiger partial charge >= 0.3 is 6.01 Å². The summed E-state index contributed by atoms with van der Waals surface area (Å²) < 4.78 is 56.0. The number of carbonyl (C=O) groups excluding carboxylic acids is 1. The minimum Gasteiger partial charge on any atom is -0.407 e. The smallest absolute Gasteiger partial charge is 0.322 e. The fourth-order valence-corrected chi connectivity index (χ4v) is 7.33. The van der Waals surface area contributed by atoms with Gasteiger partial charge in [0.25, 0.3) is 10.0 Å². The number of rotatable bonds is 7. The summed E-state index contributed by atoms with van der Waals surface area (Å²) in [7, 11) is -7.15. The van der Waals surface area contributed by atoms with Gasteiger partial charge in [0.1, 0.15) is 10.3 Å². The molecular weight excluding hydrogens is 512 g/mol. The van der Waals surface area contributed by atoms with Gasteiger partial charge in [0.05, 0.1) is 15.7 Å². The highest BCUT2D eigenvalue weighted by Crippen LogP contribution is 2.32. The zero-order valence-corrected chi connectivity index (χ0v) is 20.5. The second-order valence-electron chi connectivity index (χ2n) is 7.42. The van der Waals surface area contributed by atoms with Crippen LogP contribution in [0.4, 0.5) is 6.01 Å². The topological polar surface area (TPSA) is 140 Å². The first-order valence-electron chi connectivity index (χ1n) is 9.73. The lowest BCUT2D eigenvalue weighted by atomic mass is 10.1. The van der Waals surface area contributed by atoms with Crippen LogP contribution in [0.15, 0.2) is 49.9 Å². The highest BCUT2D eigenvalue weighted by atomic mass is 35.5. The molecule has 0 bridgehead atoms. The quantitative estimate of drug-likeness (QED) is 0.491. The number of sulfonamides is 1. The summed E-state index contributed by atoms with van der Waals surface area (Å²) in [5.41, 5.74) is 0.742. The molecule has 33 heavy (non-hydrogen) atoms. The predicted octanol–water partition coefficient (Wildman–Crippen LogP) is 2.57. The number of hydrogen-bond acceptors (Lipinski definition) is 9. The van der Waals surface area contributed by atoms with Gasteiger partial charge in [0, 0.05) is 12.8 Å². The number of sulfone groups is 1.